The summed E-state index contributed by atoms with van der Waals surface area (Å²) in [6, 6.07) is 3.46. The van der Waals surface area contributed by atoms with Crippen LogP contribution in [0.5, 0.6) is 0 Å². The summed E-state index contributed by atoms with van der Waals surface area (Å²) >= 11 is 0. The molecule has 1 aromatic carbocycles. The van der Waals surface area contributed by atoms with E-state index < -0.39 is 11.6 Å². The minimum absolute atomic E-state index is 0. The SMILES string of the molecule is I.NC(=NCC1CCC1)NCCc1cc(F)ccc1F. The van der Waals surface area contributed by atoms with Gasteiger partial charge in [-0.1, -0.05) is 6.42 Å². The Kier molecular flexibility index (Phi) is 7.18. The first-order valence-electron chi connectivity index (χ1n) is 6.63. The van der Waals surface area contributed by atoms with Crippen molar-refractivity contribution < 1.29 is 8.78 Å². The van der Waals surface area contributed by atoms with E-state index in [1.807, 2.05) is 0 Å². The number of benzene rings is 1. The van der Waals surface area contributed by atoms with Gasteiger partial charge in [0.05, 0.1) is 0 Å². The van der Waals surface area contributed by atoms with E-state index in [-0.39, 0.29) is 24.0 Å². The van der Waals surface area contributed by atoms with Crippen LogP contribution in [0.1, 0.15) is 24.8 Å². The Morgan fingerprint density at radius 1 is 1.35 bits per heavy atom. The predicted molar refractivity (Wildman–Crippen MR) is 87.3 cm³/mol. The third-order valence-corrected chi connectivity index (χ3v) is 3.45. The zero-order chi connectivity index (χ0) is 13.7. The van der Waals surface area contributed by atoms with E-state index in [9.17, 15) is 8.78 Å². The minimum Gasteiger partial charge on any atom is -0.370 e. The lowest BCUT2D eigenvalue weighted by atomic mass is 9.86. The maximum absolute atomic E-state index is 13.3. The monoisotopic (exact) mass is 395 g/mol. The fourth-order valence-electron chi connectivity index (χ4n) is 2.02. The predicted octanol–water partition coefficient (Wildman–Crippen LogP) is 2.83. The molecule has 1 aliphatic carbocycles. The maximum atomic E-state index is 13.3. The van der Waals surface area contributed by atoms with Crippen molar-refractivity contribution in [2.24, 2.45) is 16.6 Å². The molecule has 20 heavy (non-hydrogen) atoms. The average Bonchev–Trinajstić information content (AvgIpc) is 2.31. The zero-order valence-corrected chi connectivity index (χ0v) is 13.6. The van der Waals surface area contributed by atoms with Crippen LogP contribution in [0, 0.1) is 17.6 Å². The molecule has 3 nitrogen and oxygen atoms in total. The highest BCUT2D eigenvalue weighted by atomic mass is 127. The normalized spacial score (nSPS) is 15.4. The molecule has 0 heterocycles. The molecule has 112 valence electrons. The topological polar surface area (TPSA) is 50.4 Å². The summed E-state index contributed by atoms with van der Waals surface area (Å²) < 4.78 is 26.3. The van der Waals surface area contributed by atoms with E-state index in [0.717, 1.165) is 18.7 Å². The van der Waals surface area contributed by atoms with E-state index in [4.69, 9.17) is 5.73 Å². The van der Waals surface area contributed by atoms with Crippen LogP contribution < -0.4 is 11.1 Å². The van der Waals surface area contributed by atoms with Crippen molar-refractivity contribution in [1.82, 2.24) is 5.32 Å². The molecular formula is C14H20F2IN3. The van der Waals surface area contributed by atoms with Gasteiger partial charge >= 0.3 is 0 Å². The first-order chi connectivity index (χ1) is 9.15. The van der Waals surface area contributed by atoms with Crippen molar-refractivity contribution in [2.45, 2.75) is 25.7 Å². The molecule has 1 saturated carbocycles. The smallest absolute Gasteiger partial charge is 0.188 e. The Morgan fingerprint density at radius 2 is 2.10 bits per heavy atom. The summed E-state index contributed by atoms with van der Waals surface area (Å²) in [7, 11) is 0. The van der Waals surface area contributed by atoms with Crippen molar-refractivity contribution in [3.8, 4) is 0 Å². The molecule has 0 bridgehead atoms. The molecule has 0 spiro atoms. The third kappa shape index (κ3) is 5.22. The van der Waals surface area contributed by atoms with E-state index in [1.165, 1.54) is 25.3 Å². The number of rotatable bonds is 5. The average molecular weight is 395 g/mol. The minimum atomic E-state index is -0.428. The highest BCUT2D eigenvalue weighted by molar-refractivity contribution is 14.0. The molecule has 0 aliphatic heterocycles. The number of guanidine groups is 1. The van der Waals surface area contributed by atoms with E-state index in [1.54, 1.807) is 0 Å². The first-order valence-corrected chi connectivity index (χ1v) is 6.63. The summed E-state index contributed by atoms with van der Waals surface area (Å²) in [6.07, 6.45) is 4.12. The number of nitrogens with one attached hydrogen (secondary N) is 1. The molecule has 0 saturated heterocycles. The Balaban J connectivity index is 0.00000200. The molecule has 0 radical (unpaired) electrons. The molecule has 0 unspecified atom stereocenters. The lowest BCUT2D eigenvalue weighted by Gasteiger charge is -2.23. The molecule has 6 heteroatoms. The van der Waals surface area contributed by atoms with Gasteiger partial charge in [0.1, 0.15) is 11.6 Å². The summed E-state index contributed by atoms with van der Waals surface area (Å²) in [6.45, 7) is 1.20. The number of aliphatic imine (C=N–C) groups is 1. The van der Waals surface area contributed by atoms with Crippen molar-refractivity contribution in [1.29, 1.82) is 0 Å². The van der Waals surface area contributed by atoms with Crippen LogP contribution in [-0.4, -0.2) is 19.0 Å². The Labute approximate surface area is 135 Å². The quantitative estimate of drug-likeness (QED) is 0.458. The summed E-state index contributed by atoms with van der Waals surface area (Å²) in [5.41, 5.74) is 6.05. The molecule has 1 aromatic rings. The molecule has 0 aromatic heterocycles. The maximum Gasteiger partial charge on any atom is 0.188 e. The standard InChI is InChI=1S/C14H19F2N3.HI/c15-12-4-5-13(16)11(8-12)6-7-18-14(17)19-9-10-2-1-3-10;/h4-5,8,10H,1-3,6-7,9H2,(H3,17,18,19);1H. The second kappa shape index (κ2) is 8.39. The van der Waals surface area contributed by atoms with Crippen molar-refractivity contribution in [2.75, 3.05) is 13.1 Å². The number of nitrogens with two attached hydrogens (primary N) is 1. The van der Waals surface area contributed by atoms with Crippen molar-refractivity contribution in [3.05, 3.63) is 35.4 Å². The van der Waals surface area contributed by atoms with Crippen LogP contribution >= 0.6 is 24.0 Å². The van der Waals surface area contributed by atoms with Crippen LogP contribution in [0.25, 0.3) is 0 Å². The second-order valence-corrected chi connectivity index (χ2v) is 4.94. The summed E-state index contributed by atoms with van der Waals surface area (Å²) in [5, 5.41) is 2.92. The summed E-state index contributed by atoms with van der Waals surface area (Å²) in [5.74, 6) is 0.223. The third-order valence-electron chi connectivity index (χ3n) is 3.45. The second-order valence-electron chi connectivity index (χ2n) is 4.94. The molecule has 2 rings (SSSR count). The van der Waals surface area contributed by atoms with Crippen LogP contribution in [0.2, 0.25) is 0 Å². The van der Waals surface area contributed by atoms with Crippen molar-refractivity contribution >= 4 is 29.9 Å². The van der Waals surface area contributed by atoms with Gasteiger partial charge in [0, 0.05) is 13.1 Å². The molecule has 0 atom stereocenters. The molecule has 3 N–H and O–H groups in total. The van der Waals surface area contributed by atoms with Gasteiger partial charge in [-0.25, -0.2) is 8.78 Å². The number of hydrogen-bond donors (Lipinski definition) is 2. The number of hydrogen-bond acceptors (Lipinski definition) is 1. The molecule has 0 amide bonds. The van der Waals surface area contributed by atoms with Crippen LogP contribution in [-0.2, 0) is 6.42 Å². The number of nitrogens with zero attached hydrogens (tertiary/aromatic N) is 1. The van der Waals surface area contributed by atoms with E-state index >= 15 is 0 Å². The number of halogens is 3. The van der Waals surface area contributed by atoms with Gasteiger partial charge in [0.15, 0.2) is 5.96 Å². The highest BCUT2D eigenvalue weighted by Crippen LogP contribution is 2.26. The van der Waals surface area contributed by atoms with E-state index in [0.29, 0.717) is 30.4 Å². The van der Waals surface area contributed by atoms with Gasteiger partial charge in [-0.15, -0.1) is 24.0 Å². The van der Waals surface area contributed by atoms with Gasteiger partial charge in [-0.3, -0.25) is 4.99 Å². The van der Waals surface area contributed by atoms with Crippen molar-refractivity contribution in [3.63, 3.8) is 0 Å². The Hall–Kier alpha value is -0.920. The molecular weight excluding hydrogens is 375 g/mol. The Bertz CT molecular complexity index is 462. The molecule has 1 fully saturated rings. The van der Waals surface area contributed by atoms with Gasteiger partial charge < -0.3 is 11.1 Å². The van der Waals surface area contributed by atoms with Gasteiger partial charge in [-0.2, -0.15) is 0 Å². The van der Waals surface area contributed by atoms with Crippen LogP contribution in [0.15, 0.2) is 23.2 Å². The first kappa shape index (κ1) is 17.1. The van der Waals surface area contributed by atoms with E-state index in [2.05, 4.69) is 10.3 Å². The fourth-order valence-corrected chi connectivity index (χ4v) is 2.02. The van der Waals surface area contributed by atoms with Gasteiger partial charge in [0.2, 0.25) is 0 Å². The lowest BCUT2D eigenvalue weighted by molar-refractivity contribution is 0.326. The fraction of sp³-hybridized carbons (Fsp3) is 0.500. The van der Waals surface area contributed by atoms with Gasteiger partial charge in [0.25, 0.3) is 0 Å². The Morgan fingerprint density at radius 3 is 2.75 bits per heavy atom. The van der Waals surface area contributed by atoms with Crippen LogP contribution in [0.3, 0.4) is 0 Å². The lowest BCUT2D eigenvalue weighted by Crippen LogP contribution is -2.34. The largest absolute Gasteiger partial charge is 0.370 e. The highest BCUT2D eigenvalue weighted by Gasteiger charge is 2.16. The van der Waals surface area contributed by atoms with Gasteiger partial charge in [-0.05, 0) is 48.9 Å². The molecule has 1 aliphatic rings. The zero-order valence-electron chi connectivity index (χ0n) is 11.2. The summed E-state index contributed by atoms with van der Waals surface area (Å²) in [4.78, 5) is 4.23. The van der Waals surface area contributed by atoms with Crippen LogP contribution in [0.4, 0.5) is 8.78 Å².